The second-order valence-electron chi connectivity index (χ2n) is 1.68. The molecule has 0 aliphatic heterocycles. The molecule has 3 N–H and O–H groups in total. The van der Waals surface area contributed by atoms with Crippen LogP contribution in [0.3, 0.4) is 0 Å². The van der Waals surface area contributed by atoms with Gasteiger partial charge in [0.2, 0.25) is 0 Å². The largest absolute Gasteiger partial charge is 0.273 e. The number of hydrogen-bond donors (Lipinski definition) is 2. The number of benzene rings is 1. The fraction of sp³-hybridized carbons (Fsp3) is 0. The molecule has 3 heteroatoms. The summed E-state index contributed by atoms with van der Waals surface area (Å²) in [7, 11) is 0. The normalized spacial score (nSPS) is 9.11. The third kappa shape index (κ3) is 1.42. The fourth-order valence-electron chi connectivity index (χ4n) is 0.581. The lowest BCUT2D eigenvalue weighted by molar-refractivity contribution is 0.258. The second kappa shape index (κ2) is 2.48. The van der Waals surface area contributed by atoms with Crippen molar-refractivity contribution in [1.29, 1.82) is 0 Å². The average molecular weight is 124 g/mol. The Morgan fingerprint density at radius 3 is 2.11 bits per heavy atom. The van der Waals surface area contributed by atoms with Gasteiger partial charge in [-0.15, -0.1) is 0 Å². The van der Waals surface area contributed by atoms with E-state index in [-0.39, 0.29) is 0 Å². The second-order valence-corrected chi connectivity index (χ2v) is 1.68. The van der Waals surface area contributed by atoms with Crippen molar-refractivity contribution in [3.8, 4) is 0 Å². The SMILES string of the molecule is NN(O)c1ccccc1. The monoisotopic (exact) mass is 124 g/mol. The van der Waals surface area contributed by atoms with Gasteiger partial charge < -0.3 is 0 Å². The molecule has 0 saturated carbocycles. The smallest absolute Gasteiger partial charge is 0.0817 e. The third-order valence-electron chi connectivity index (χ3n) is 1.02. The highest BCUT2D eigenvalue weighted by Gasteiger charge is 1.90. The van der Waals surface area contributed by atoms with Crippen LogP contribution in [-0.4, -0.2) is 5.21 Å². The highest BCUT2D eigenvalue weighted by molar-refractivity contribution is 5.41. The Bertz CT molecular complexity index is 174. The van der Waals surface area contributed by atoms with Crippen LogP contribution in [0.25, 0.3) is 0 Å². The summed E-state index contributed by atoms with van der Waals surface area (Å²) in [6.45, 7) is 0. The Kier molecular flexibility index (Phi) is 1.67. The van der Waals surface area contributed by atoms with Crippen LogP contribution < -0.4 is 11.0 Å². The van der Waals surface area contributed by atoms with Crippen LogP contribution in [0.1, 0.15) is 0 Å². The molecule has 1 aromatic carbocycles. The lowest BCUT2D eigenvalue weighted by Gasteiger charge is -2.07. The third-order valence-corrected chi connectivity index (χ3v) is 1.02. The number of rotatable bonds is 1. The molecule has 1 rings (SSSR count). The number of nitrogens with two attached hydrogens (primary N) is 1. The molecule has 0 unspecified atom stereocenters. The maximum absolute atomic E-state index is 8.63. The van der Waals surface area contributed by atoms with E-state index in [2.05, 4.69) is 0 Å². The van der Waals surface area contributed by atoms with Gasteiger partial charge in [0, 0.05) is 0 Å². The molecule has 0 fully saturated rings. The molecule has 3 nitrogen and oxygen atoms in total. The summed E-state index contributed by atoms with van der Waals surface area (Å²) in [6, 6.07) is 8.86. The first-order valence-electron chi connectivity index (χ1n) is 2.59. The van der Waals surface area contributed by atoms with Gasteiger partial charge in [0.1, 0.15) is 0 Å². The van der Waals surface area contributed by atoms with E-state index < -0.39 is 0 Å². The van der Waals surface area contributed by atoms with Crippen molar-refractivity contribution in [3.05, 3.63) is 30.3 Å². The topological polar surface area (TPSA) is 49.5 Å². The molecule has 0 saturated heterocycles. The minimum absolute atomic E-state index is 0.581. The molecule has 0 aromatic heterocycles. The molecule has 0 aliphatic carbocycles. The van der Waals surface area contributed by atoms with Gasteiger partial charge in [-0.25, -0.2) is 5.84 Å². The summed E-state index contributed by atoms with van der Waals surface area (Å²) in [4.78, 5) is 0. The van der Waals surface area contributed by atoms with Gasteiger partial charge >= 0.3 is 0 Å². The maximum atomic E-state index is 8.63. The first-order valence-corrected chi connectivity index (χ1v) is 2.59. The Balaban J connectivity index is 2.85. The van der Waals surface area contributed by atoms with Gasteiger partial charge in [-0.1, -0.05) is 18.2 Å². The van der Waals surface area contributed by atoms with E-state index in [1.807, 2.05) is 6.07 Å². The molecule has 9 heavy (non-hydrogen) atoms. The summed E-state index contributed by atoms with van der Waals surface area (Å²) in [5, 5.41) is 9.22. The molecule has 0 spiro atoms. The summed E-state index contributed by atoms with van der Waals surface area (Å²) in [6.07, 6.45) is 0. The molecule has 0 atom stereocenters. The molecular formula is C6H8N2O. The maximum Gasteiger partial charge on any atom is 0.0817 e. The Labute approximate surface area is 53.2 Å². The summed E-state index contributed by atoms with van der Waals surface area (Å²) < 4.78 is 0. The molecule has 48 valence electrons. The summed E-state index contributed by atoms with van der Waals surface area (Å²) in [5.41, 5.74) is 0.581. The van der Waals surface area contributed by atoms with E-state index >= 15 is 0 Å². The number of para-hydroxylation sites is 1. The number of hydrazine groups is 1. The van der Waals surface area contributed by atoms with Crippen molar-refractivity contribution >= 4 is 5.69 Å². The molecule has 0 bridgehead atoms. The lowest BCUT2D eigenvalue weighted by atomic mass is 10.3. The van der Waals surface area contributed by atoms with Crippen molar-refractivity contribution in [1.82, 2.24) is 0 Å². The van der Waals surface area contributed by atoms with Crippen LogP contribution in [0.2, 0.25) is 0 Å². The van der Waals surface area contributed by atoms with Crippen LogP contribution in [0, 0.1) is 0 Å². The molecule has 1 aromatic rings. The van der Waals surface area contributed by atoms with Crippen LogP contribution >= 0.6 is 0 Å². The molecule has 0 aliphatic rings. The van der Waals surface area contributed by atoms with E-state index in [0.717, 1.165) is 0 Å². The number of nitrogens with zero attached hydrogens (tertiary/aromatic N) is 1. The molecule has 0 radical (unpaired) electrons. The Hall–Kier alpha value is -1.06. The minimum atomic E-state index is 0.581. The van der Waals surface area contributed by atoms with Crippen LogP contribution in [0.15, 0.2) is 30.3 Å². The van der Waals surface area contributed by atoms with Crippen molar-refractivity contribution < 1.29 is 5.21 Å². The molecule has 0 heterocycles. The van der Waals surface area contributed by atoms with E-state index in [9.17, 15) is 0 Å². The zero-order chi connectivity index (χ0) is 6.69. The highest BCUT2D eigenvalue weighted by Crippen LogP contribution is 2.05. The zero-order valence-electron chi connectivity index (χ0n) is 4.86. The van der Waals surface area contributed by atoms with Crippen molar-refractivity contribution in [2.45, 2.75) is 0 Å². The van der Waals surface area contributed by atoms with Crippen LogP contribution in [-0.2, 0) is 0 Å². The average Bonchev–Trinajstić information content (AvgIpc) is 1.90. The minimum Gasteiger partial charge on any atom is -0.273 e. The highest BCUT2D eigenvalue weighted by atomic mass is 16.5. The first kappa shape index (κ1) is 6.07. The predicted octanol–water partition coefficient (Wildman–Crippen LogP) is 0.756. The van der Waals surface area contributed by atoms with E-state index in [1.54, 1.807) is 24.3 Å². The number of anilines is 1. The zero-order valence-corrected chi connectivity index (χ0v) is 4.86. The fourth-order valence-corrected chi connectivity index (χ4v) is 0.581. The standard InChI is InChI=1S/C6H8N2O/c7-8(9)6-4-2-1-3-5-6/h1-5,9H,7H2. The predicted molar refractivity (Wildman–Crippen MR) is 34.9 cm³/mol. The van der Waals surface area contributed by atoms with Crippen molar-refractivity contribution in [3.63, 3.8) is 0 Å². The van der Waals surface area contributed by atoms with E-state index in [1.165, 1.54) is 0 Å². The lowest BCUT2D eigenvalue weighted by Crippen LogP contribution is -2.25. The van der Waals surface area contributed by atoms with E-state index in [4.69, 9.17) is 11.0 Å². The van der Waals surface area contributed by atoms with Crippen molar-refractivity contribution in [2.24, 2.45) is 5.84 Å². The van der Waals surface area contributed by atoms with Gasteiger partial charge in [-0.2, -0.15) is 5.17 Å². The summed E-state index contributed by atoms with van der Waals surface area (Å²) >= 11 is 0. The van der Waals surface area contributed by atoms with Gasteiger partial charge in [0.15, 0.2) is 0 Å². The molecule has 0 amide bonds. The van der Waals surface area contributed by atoms with Gasteiger partial charge in [-0.3, -0.25) is 5.21 Å². The first-order chi connectivity index (χ1) is 4.30. The van der Waals surface area contributed by atoms with Gasteiger partial charge in [-0.05, 0) is 12.1 Å². The van der Waals surface area contributed by atoms with Gasteiger partial charge in [0.05, 0.1) is 5.69 Å². The summed E-state index contributed by atoms with van der Waals surface area (Å²) in [5.74, 6) is 5.00. The quantitative estimate of drug-likeness (QED) is 0.429. The Morgan fingerprint density at radius 2 is 1.78 bits per heavy atom. The van der Waals surface area contributed by atoms with Crippen LogP contribution in [0.4, 0.5) is 5.69 Å². The van der Waals surface area contributed by atoms with Crippen molar-refractivity contribution in [2.75, 3.05) is 5.17 Å². The van der Waals surface area contributed by atoms with Crippen LogP contribution in [0.5, 0.6) is 0 Å². The number of hydrogen-bond acceptors (Lipinski definition) is 3. The van der Waals surface area contributed by atoms with E-state index in [0.29, 0.717) is 10.9 Å². The Morgan fingerprint density at radius 1 is 1.22 bits per heavy atom. The van der Waals surface area contributed by atoms with Gasteiger partial charge in [0.25, 0.3) is 0 Å². The molecular weight excluding hydrogens is 116 g/mol.